The summed E-state index contributed by atoms with van der Waals surface area (Å²) in [7, 11) is 0. The number of nitrogen functional groups attached to an aromatic ring is 1. The first-order valence-corrected chi connectivity index (χ1v) is 5.97. The van der Waals surface area contributed by atoms with Crippen molar-refractivity contribution in [2.75, 3.05) is 5.73 Å². The molecule has 2 rings (SSSR count). The molecule has 2 heterocycles. The molecular weight excluding hydrogens is 228 g/mol. The summed E-state index contributed by atoms with van der Waals surface area (Å²) in [6.07, 6.45) is 6.57. The highest BCUT2D eigenvalue weighted by atomic mass is 16.3. The SMILES string of the molecule is CC(C)n1cncc1C(O)Cc1cnccc1N. The first-order chi connectivity index (χ1) is 8.59. The van der Waals surface area contributed by atoms with Gasteiger partial charge >= 0.3 is 0 Å². The number of hydrogen-bond donors (Lipinski definition) is 2. The molecule has 5 heteroatoms. The largest absolute Gasteiger partial charge is 0.398 e. The van der Waals surface area contributed by atoms with Gasteiger partial charge in [0.1, 0.15) is 0 Å². The Morgan fingerprint density at radius 1 is 1.33 bits per heavy atom. The number of anilines is 1. The molecule has 0 fully saturated rings. The van der Waals surface area contributed by atoms with Crippen molar-refractivity contribution in [2.24, 2.45) is 0 Å². The number of rotatable bonds is 4. The van der Waals surface area contributed by atoms with Crippen LogP contribution in [-0.2, 0) is 6.42 Å². The zero-order chi connectivity index (χ0) is 13.1. The van der Waals surface area contributed by atoms with Crippen molar-refractivity contribution in [3.8, 4) is 0 Å². The van der Waals surface area contributed by atoms with Crippen molar-refractivity contribution in [3.05, 3.63) is 42.2 Å². The molecule has 2 aromatic heterocycles. The van der Waals surface area contributed by atoms with Gasteiger partial charge in [-0.05, 0) is 25.5 Å². The Morgan fingerprint density at radius 2 is 2.11 bits per heavy atom. The van der Waals surface area contributed by atoms with Crippen LogP contribution in [-0.4, -0.2) is 19.6 Å². The molecule has 0 aliphatic heterocycles. The Morgan fingerprint density at radius 3 is 2.78 bits per heavy atom. The molecule has 0 bridgehead atoms. The minimum Gasteiger partial charge on any atom is -0.398 e. The van der Waals surface area contributed by atoms with E-state index in [2.05, 4.69) is 23.8 Å². The number of aliphatic hydroxyl groups is 1. The molecule has 0 aromatic carbocycles. The van der Waals surface area contributed by atoms with Gasteiger partial charge in [-0.1, -0.05) is 0 Å². The first-order valence-electron chi connectivity index (χ1n) is 5.97. The number of hydrogen-bond acceptors (Lipinski definition) is 4. The number of aromatic nitrogens is 3. The summed E-state index contributed by atoms with van der Waals surface area (Å²) >= 11 is 0. The molecule has 2 aromatic rings. The average Bonchev–Trinajstić information content (AvgIpc) is 2.81. The molecule has 0 aliphatic carbocycles. The van der Waals surface area contributed by atoms with Gasteiger partial charge in [-0.25, -0.2) is 4.98 Å². The van der Waals surface area contributed by atoms with Gasteiger partial charge in [0, 0.05) is 30.5 Å². The highest BCUT2D eigenvalue weighted by molar-refractivity contribution is 5.44. The van der Waals surface area contributed by atoms with Gasteiger partial charge in [0.15, 0.2) is 0 Å². The lowest BCUT2D eigenvalue weighted by atomic mass is 10.1. The van der Waals surface area contributed by atoms with E-state index in [1.165, 1.54) is 0 Å². The average molecular weight is 246 g/mol. The second-order valence-corrected chi connectivity index (χ2v) is 4.61. The Hall–Kier alpha value is -1.88. The zero-order valence-electron chi connectivity index (χ0n) is 10.6. The van der Waals surface area contributed by atoms with Crippen molar-refractivity contribution in [3.63, 3.8) is 0 Å². The van der Waals surface area contributed by atoms with Gasteiger partial charge in [-0.3, -0.25) is 4.98 Å². The van der Waals surface area contributed by atoms with Crippen molar-refractivity contribution >= 4 is 5.69 Å². The van der Waals surface area contributed by atoms with Gasteiger partial charge in [-0.2, -0.15) is 0 Å². The lowest BCUT2D eigenvalue weighted by Crippen LogP contribution is -2.11. The second kappa shape index (κ2) is 5.18. The maximum Gasteiger partial charge on any atom is 0.0997 e. The molecule has 0 saturated heterocycles. The predicted octanol–water partition coefficient (Wildman–Crippen LogP) is 1.72. The Bertz CT molecular complexity index is 521. The van der Waals surface area contributed by atoms with Gasteiger partial charge in [0.25, 0.3) is 0 Å². The fourth-order valence-electron chi connectivity index (χ4n) is 1.93. The maximum absolute atomic E-state index is 10.3. The van der Waals surface area contributed by atoms with Crippen LogP contribution in [0.3, 0.4) is 0 Å². The number of aliphatic hydroxyl groups excluding tert-OH is 1. The third-order valence-corrected chi connectivity index (χ3v) is 2.95. The third kappa shape index (κ3) is 2.51. The van der Waals surface area contributed by atoms with Crippen LogP contribution in [0.5, 0.6) is 0 Å². The van der Waals surface area contributed by atoms with Gasteiger partial charge in [-0.15, -0.1) is 0 Å². The quantitative estimate of drug-likeness (QED) is 0.861. The molecule has 5 nitrogen and oxygen atoms in total. The fourth-order valence-corrected chi connectivity index (χ4v) is 1.93. The first kappa shape index (κ1) is 12.6. The van der Waals surface area contributed by atoms with Crippen LogP contribution in [0.25, 0.3) is 0 Å². The summed E-state index contributed by atoms with van der Waals surface area (Å²) in [5.74, 6) is 0. The summed E-state index contributed by atoms with van der Waals surface area (Å²) in [5.41, 5.74) is 8.15. The van der Waals surface area contributed by atoms with E-state index in [1.54, 1.807) is 31.0 Å². The van der Waals surface area contributed by atoms with Crippen LogP contribution in [0, 0.1) is 0 Å². The molecule has 1 atom stereocenters. The van der Waals surface area contributed by atoms with Crippen LogP contribution in [0.4, 0.5) is 5.69 Å². The van der Waals surface area contributed by atoms with E-state index < -0.39 is 6.10 Å². The fraction of sp³-hybridized carbons (Fsp3) is 0.385. The van der Waals surface area contributed by atoms with Crippen LogP contribution in [0.1, 0.15) is 37.3 Å². The highest BCUT2D eigenvalue weighted by Crippen LogP contribution is 2.22. The summed E-state index contributed by atoms with van der Waals surface area (Å²) in [4.78, 5) is 8.11. The molecule has 0 radical (unpaired) electrons. The van der Waals surface area contributed by atoms with Crippen molar-refractivity contribution in [1.82, 2.24) is 14.5 Å². The second-order valence-electron chi connectivity index (χ2n) is 4.61. The smallest absolute Gasteiger partial charge is 0.0997 e. The molecule has 96 valence electrons. The van der Waals surface area contributed by atoms with E-state index in [4.69, 9.17) is 5.73 Å². The lowest BCUT2D eigenvalue weighted by molar-refractivity contribution is 0.167. The van der Waals surface area contributed by atoms with E-state index in [9.17, 15) is 5.11 Å². The Balaban J connectivity index is 2.20. The summed E-state index contributed by atoms with van der Waals surface area (Å²) < 4.78 is 1.96. The molecule has 0 saturated carbocycles. The third-order valence-electron chi connectivity index (χ3n) is 2.95. The van der Waals surface area contributed by atoms with E-state index in [0.29, 0.717) is 12.1 Å². The van der Waals surface area contributed by atoms with Crippen LogP contribution in [0.15, 0.2) is 31.0 Å². The molecule has 1 unspecified atom stereocenters. The number of nitrogens with zero attached hydrogens (tertiary/aromatic N) is 3. The molecule has 18 heavy (non-hydrogen) atoms. The van der Waals surface area contributed by atoms with Gasteiger partial charge < -0.3 is 15.4 Å². The minimum atomic E-state index is -0.624. The number of nitrogens with two attached hydrogens (primary N) is 1. The Labute approximate surface area is 106 Å². The standard InChI is InChI=1S/C13H18N4O/c1-9(2)17-8-16-7-12(17)13(18)5-10-6-15-4-3-11(10)14/h3-4,6-9,13,18H,5H2,1-2H3,(H2,14,15). The van der Waals surface area contributed by atoms with Crippen molar-refractivity contribution < 1.29 is 5.11 Å². The topological polar surface area (TPSA) is 77.0 Å². The molecule has 0 aliphatic rings. The lowest BCUT2D eigenvalue weighted by Gasteiger charge is -2.17. The van der Waals surface area contributed by atoms with Gasteiger partial charge in [0.05, 0.1) is 24.3 Å². The maximum atomic E-state index is 10.3. The highest BCUT2D eigenvalue weighted by Gasteiger charge is 2.16. The van der Waals surface area contributed by atoms with Crippen LogP contribution in [0.2, 0.25) is 0 Å². The van der Waals surface area contributed by atoms with Gasteiger partial charge in [0.2, 0.25) is 0 Å². The van der Waals surface area contributed by atoms with Crippen molar-refractivity contribution in [2.45, 2.75) is 32.4 Å². The van der Waals surface area contributed by atoms with Crippen LogP contribution >= 0.6 is 0 Å². The Kier molecular flexibility index (Phi) is 3.62. The monoisotopic (exact) mass is 246 g/mol. The number of imidazole rings is 1. The van der Waals surface area contributed by atoms with Crippen LogP contribution < -0.4 is 5.73 Å². The zero-order valence-corrected chi connectivity index (χ0v) is 10.6. The summed E-state index contributed by atoms with van der Waals surface area (Å²) in [5, 5.41) is 10.3. The van der Waals surface area contributed by atoms with E-state index >= 15 is 0 Å². The number of pyridine rings is 1. The normalized spacial score (nSPS) is 12.9. The van der Waals surface area contributed by atoms with E-state index in [-0.39, 0.29) is 6.04 Å². The van der Waals surface area contributed by atoms with E-state index in [1.807, 2.05) is 4.57 Å². The predicted molar refractivity (Wildman–Crippen MR) is 69.9 cm³/mol. The minimum absolute atomic E-state index is 0.267. The summed E-state index contributed by atoms with van der Waals surface area (Å²) in [6.45, 7) is 4.10. The van der Waals surface area contributed by atoms with E-state index in [0.717, 1.165) is 11.3 Å². The molecule has 0 spiro atoms. The molecule has 3 N–H and O–H groups in total. The molecule has 0 amide bonds. The molecular formula is C13H18N4O. The summed E-state index contributed by atoms with van der Waals surface area (Å²) in [6, 6.07) is 2.00. The van der Waals surface area contributed by atoms with Crippen molar-refractivity contribution in [1.29, 1.82) is 0 Å².